The van der Waals surface area contributed by atoms with Crippen LogP contribution in [0, 0.1) is 0 Å². The Labute approximate surface area is 112 Å². The first kappa shape index (κ1) is 13.8. The van der Waals surface area contributed by atoms with Crippen LogP contribution in [0.4, 0.5) is 0 Å². The Hall–Kier alpha value is -0.590. The summed E-state index contributed by atoms with van der Waals surface area (Å²) in [4.78, 5) is 0. The second-order valence-electron chi connectivity index (χ2n) is 4.47. The molecule has 2 heterocycles. The molecule has 6 heteroatoms. The van der Waals surface area contributed by atoms with Crippen molar-refractivity contribution in [3.05, 3.63) is 5.82 Å². The highest BCUT2D eigenvalue weighted by atomic mass is 32.2. The third-order valence-electron chi connectivity index (χ3n) is 3.22. The van der Waals surface area contributed by atoms with Gasteiger partial charge in [0.2, 0.25) is 0 Å². The summed E-state index contributed by atoms with van der Waals surface area (Å²) < 4.78 is 7.71. The van der Waals surface area contributed by atoms with Gasteiger partial charge >= 0.3 is 0 Å². The summed E-state index contributed by atoms with van der Waals surface area (Å²) in [5.41, 5.74) is 5.63. The molecule has 1 unspecified atom stereocenters. The van der Waals surface area contributed by atoms with Crippen LogP contribution in [0.25, 0.3) is 0 Å². The van der Waals surface area contributed by atoms with Gasteiger partial charge in [-0.15, -0.1) is 10.2 Å². The van der Waals surface area contributed by atoms with Crippen molar-refractivity contribution in [1.29, 1.82) is 0 Å². The number of hydrogen-bond acceptors (Lipinski definition) is 5. The monoisotopic (exact) mass is 270 g/mol. The molecule has 2 N–H and O–H groups in total. The Kier molecular flexibility index (Phi) is 5.46. The summed E-state index contributed by atoms with van der Waals surface area (Å²) in [5.74, 6) is 1.95. The second-order valence-corrected chi connectivity index (χ2v) is 5.53. The van der Waals surface area contributed by atoms with E-state index in [1.54, 1.807) is 11.8 Å². The molecule has 1 fully saturated rings. The highest BCUT2D eigenvalue weighted by molar-refractivity contribution is 7.99. The van der Waals surface area contributed by atoms with E-state index in [4.69, 9.17) is 10.5 Å². The van der Waals surface area contributed by atoms with E-state index in [0.717, 1.165) is 36.3 Å². The van der Waals surface area contributed by atoms with Gasteiger partial charge in [-0.1, -0.05) is 11.8 Å². The number of nitrogens with two attached hydrogens (primary N) is 1. The summed E-state index contributed by atoms with van der Waals surface area (Å²) in [6.45, 7) is 4.38. The standard InChI is InChI=1S/C12H22N4OS/c1-2-16-11(9-13)14-15-12(16)18-8-4-6-10-5-3-7-17-10/h10H,2-9,13H2,1H3. The predicted molar refractivity (Wildman–Crippen MR) is 72.5 cm³/mol. The van der Waals surface area contributed by atoms with Crippen molar-refractivity contribution >= 4 is 11.8 Å². The third-order valence-corrected chi connectivity index (χ3v) is 4.27. The molecule has 0 aromatic carbocycles. The first-order chi connectivity index (χ1) is 8.85. The van der Waals surface area contributed by atoms with Gasteiger partial charge in [0.05, 0.1) is 12.6 Å². The molecule has 18 heavy (non-hydrogen) atoms. The summed E-state index contributed by atoms with van der Waals surface area (Å²) in [5, 5.41) is 9.29. The molecule has 0 spiro atoms. The fraction of sp³-hybridized carbons (Fsp3) is 0.833. The lowest BCUT2D eigenvalue weighted by atomic mass is 10.1. The fourth-order valence-corrected chi connectivity index (χ4v) is 3.22. The van der Waals surface area contributed by atoms with Gasteiger partial charge in [0.1, 0.15) is 5.82 Å². The first-order valence-corrected chi connectivity index (χ1v) is 7.70. The Morgan fingerprint density at radius 1 is 1.50 bits per heavy atom. The first-order valence-electron chi connectivity index (χ1n) is 6.71. The van der Waals surface area contributed by atoms with E-state index in [1.807, 2.05) is 0 Å². The summed E-state index contributed by atoms with van der Waals surface area (Å²) in [7, 11) is 0. The number of rotatable bonds is 7. The molecule has 1 aliphatic rings. The van der Waals surface area contributed by atoms with Gasteiger partial charge < -0.3 is 15.0 Å². The maximum atomic E-state index is 5.63. The quantitative estimate of drug-likeness (QED) is 0.604. The van der Waals surface area contributed by atoms with Gasteiger partial charge in [0, 0.05) is 18.9 Å². The van der Waals surface area contributed by atoms with Crippen LogP contribution < -0.4 is 5.73 Å². The fourth-order valence-electron chi connectivity index (χ4n) is 2.24. The van der Waals surface area contributed by atoms with Crippen molar-refractivity contribution in [3.8, 4) is 0 Å². The number of nitrogens with zero attached hydrogens (tertiary/aromatic N) is 3. The van der Waals surface area contributed by atoms with E-state index < -0.39 is 0 Å². The predicted octanol–water partition coefficient (Wildman–Crippen LogP) is 1.81. The van der Waals surface area contributed by atoms with Gasteiger partial charge in [-0.05, 0) is 32.6 Å². The molecule has 102 valence electrons. The van der Waals surface area contributed by atoms with Gasteiger partial charge in [0.15, 0.2) is 5.16 Å². The zero-order valence-electron chi connectivity index (χ0n) is 11.0. The van der Waals surface area contributed by atoms with E-state index in [2.05, 4.69) is 21.7 Å². The van der Waals surface area contributed by atoms with Crippen LogP contribution in [-0.2, 0) is 17.8 Å². The molecule has 1 saturated heterocycles. The molecule has 1 aromatic heterocycles. The number of thioether (sulfide) groups is 1. The molecule has 5 nitrogen and oxygen atoms in total. The van der Waals surface area contributed by atoms with Crippen molar-refractivity contribution < 1.29 is 4.74 Å². The molecule has 1 aromatic rings. The van der Waals surface area contributed by atoms with Crippen LogP contribution in [0.3, 0.4) is 0 Å². The lowest BCUT2D eigenvalue weighted by Gasteiger charge is -2.09. The number of ether oxygens (including phenoxy) is 1. The largest absolute Gasteiger partial charge is 0.378 e. The van der Waals surface area contributed by atoms with Crippen molar-refractivity contribution in [2.24, 2.45) is 5.73 Å². The van der Waals surface area contributed by atoms with Gasteiger partial charge in [-0.2, -0.15) is 0 Å². The van der Waals surface area contributed by atoms with Crippen LogP contribution in [0.5, 0.6) is 0 Å². The minimum absolute atomic E-state index is 0.456. The molecule has 0 radical (unpaired) electrons. The average Bonchev–Trinajstić information content (AvgIpc) is 3.03. The number of hydrogen-bond donors (Lipinski definition) is 1. The van der Waals surface area contributed by atoms with E-state index in [0.29, 0.717) is 12.6 Å². The lowest BCUT2D eigenvalue weighted by Crippen LogP contribution is -2.08. The van der Waals surface area contributed by atoms with E-state index in [1.165, 1.54) is 19.3 Å². The maximum absolute atomic E-state index is 5.63. The molecule has 1 aliphatic heterocycles. The van der Waals surface area contributed by atoms with E-state index in [9.17, 15) is 0 Å². The van der Waals surface area contributed by atoms with Crippen LogP contribution in [0.15, 0.2) is 5.16 Å². The zero-order valence-corrected chi connectivity index (χ0v) is 11.8. The number of aromatic nitrogens is 3. The Balaban J connectivity index is 1.73. The zero-order chi connectivity index (χ0) is 12.8. The van der Waals surface area contributed by atoms with Gasteiger partial charge in [0.25, 0.3) is 0 Å². The molecular weight excluding hydrogens is 248 g/mol. The smallest absolute Gasteiger partial charge is 0.191 e. The Bertz CT molecular complexity index is 363. The molecule has 0 bridgehead atoms. The van der Waals surface area contributed by atoms with Crippen LogP contribution in [0.2, 0.25) is 0 Å². The van der Waals surface area contributed by atoms with Crippen molar-refractivity contribution in [1.82, 2.24) is 14.8 Å². The second kappa shape index (κ2) is 7.11. The maximum Gasteiger partial charge on any atom is 0.191 e. The minimum atomic E-state index is 0.456. The highest BCUT2D eigenvalue weighted by Crippen LogP contribution is 2.21. The normalized spacial score (nSPS) is 19.6. The van der Waals surface area contributed by atoms with Crippen LogP contribution in [-0.4, -0.2) is 33.2 Å². The molecule has 0 saturated carbocycles. The van der Waals surface area contributed by atoms with Crippen molar-refractivity contribution in [2.75, 3.05) is 12.4 Å². The van der Waals surface area contributed by atoms with Gasteiger partial charge in [-0.3, -0.25) is 0 Å². The van der Waals surface area contributed by atoms with Crippen molar-refractivity contribution in [3.63, 3.8) is 0 Å². The molecule has 0 aliphatic carbocycles. The van der Waals surface area contributed by atoms with Crippen LogP contribution >= 0.6 is 11.8 Å². The Morgan fingerprint density at radius 2 is 2.39 bits per heavy atom. The molecule has 0 amide bonds. The van der Waals surface area contributed by atoms with Crippen molar-refractivity contribution in [2.45, 2.75) is 57.0 Å². The molecule has 2 rings (SSSR count). The minimum Gasteiger partial charge on any atom is -0.378 e. The molecular formula is C12H22N4OS. The summed E-state index contributed by atoms with van der Waals surface area (Å²) in [6, 6.07) is 0. The lowest BCUT2D eigenvalue weighted by molar-refractivity contribution is 0.104. The highest BCUT2D eigenvalue weighted by Gasteiger charge is 2.15. The Morgan fingerprint density at radius 3 is 3.06 bits per heavy atom. The third kappa shape index (κ3) is 3.46. The molecule has 1 atom stereocenters. The van der Waals surface area contributed by atoms with E-state index in [-0.39, 0.29) is 0 Å². The topological polar surface area (TPSA) is 66.0 Å². The summed E-state index contributed by atoms with van der Waals surface area (Å²) in [6.07, 6.45) is 5.28. The SMILES string of the molecule is CCn1c(CN)nnc1SCCCC1CCCO1. The average molecular weight is 270 g/mol. The van der Waals surface area contributed by atoms with E-state index >= 15 is 0 Å². The summed E-state index contributed by atoms with van der Waals surface area (Å²) >= 11 is 1.77. The van der Waals surface area contributed by atoms with Crippen LogP contribution in [0.1, 0.15) is 38.4 Å². The van der Waals surface area contributed by atoms with Gasteiger partial charge in [-0.25, -0.2) is 0 Å².